The molecular formula is C10H15N3. The molecule has 1 N–H and O–H groups in total. The zero-order valence-corrected chi connectivity index (χ0v) is 7.90. The first-order valence-electron chi connectivity index (χ1n) is 4.74. The van der Waals surface area contributed by atoms with Crippen LogP contribution in [0.1, 0.15) is 6.92 Å². The van der Waals surface area contributed by atoms with Crippen molar-refractivity contribution in [2.45, 2.75) is 13.0 Å². The van der Waals surface area contributed by atoms with E-state index in [9.17, 15) is 0 Å². The number of hydrogen-bond acceptors (Lipinski definition) is 3. The van der Waals surface area contributed by atoms with Gasteiger partial charge in [-0.3, -0.25) is 4.98 Å². The molecular weight excluding hydrogens is 162 g/mol. The first kappa shape index (κ1) is 8.51. The number of pyridine rings is 1. The lowest BCUT2D eigenvalue weighted by molar-refractivity contribution is 0.484. The minimum atomic E-state index is 0.578. The van der Waals surface area contributed by atoms with E-state index in [0.717, 1.165) is 19.6 Å². The average molecular weight is 177 g/mol. The summed E-state index contributed by atoms with van der Waals surface area (Å²) in [6.45, 7) is 5.43. The molecule has 70 valence electrons. The second kappa shape index (κ2) is 3.75. The van der Waals surface area contributed by atoms with E-state index in [-0.39, 0.29) is 0 Å². The van der Waals surface area contributed by atoms with Crippen LogP contribution in [0.5, 0.6) is 0 Å². The maximum atomic E-state index is 4.12. The third-order valence-electron chi connectivity index (χ3n) is 2.38. The second-order valence-corrected chi connectivity index (χ2v) is 3.51. The summed E-state index contributed by atoms with van der Waals surface area (Å²) in [5.41, 5.74) is 1.23. The fourth-order valence-corrected chi connectivity index (χ4v) is 1.71. The number of nitrogens with one attached hydrogen (secondary N) is 1. The molecule has 1 fully saturated rings. The third kappa shape index (κ3) is 1.98. The fraction of sp³-hybridized carbons (Fsp3) is 0.500. The van der Waals surface area contributed by atoms with Crippen molar-refractivity contribution < 1.29 is 0 Å². The number of nitrogens with zero attached hydrogens (tertiary/aromatic N) is 2. The van der Waals surface area contributed by atoms with Gasteiger partial charge in [-0.15, -0.1) is 0 Å². The largest absolute Gasteiger partial charge is 0.367 e. The average Bonchev–Trinajstić information content (AvgIpc) is 2.19. The molecule has 3 nitrogen and oxygen atoms in total. The van der Waals surface area contributed by atoms with Gasteiger partial charge in [0, 0.05) is 31.9 Å². The summed E-state index contributed by atoms with van der Waals surface area (Å²) < 4.78 is 0. The zero-order valence-electron chi connectivity index (χ0n) is 7.90. The summed E-state index contributed by atoms with van der Waals surface area (Å²) in [4.78, 5) is 6.49. The first-order valence-corrected chi connectivity index (χ1v) is 4.74. The zero-order chi connectivity index (χ0) is 9.10. The van der Waals surface area contributed by atoms with Gasteiger partial charge in [-0.25, -0.2) is 0 Å². The standard InChI is InChI=1S/C10H15N3/c1-9-8-13(6-5-12-9)10-3-2-4-11-7-10/h2-4,7,9,12H,5-6,8H2,1H3/t9-/m1/s1. The van der Waals surface area contributed by atoms with Crippen LogP contribution in [-0.2, 0) is 0 Å². The molecule has 2 rings (SSSR count). The number of anilines is 1. The Hall–Kier alpha value is -1.09. The van der Waals surface area contributed by atoms with Crippen LogP contribution in [-0.4, -0.2) is 30.7 Å². The molecule has 3 heteroatoms. The number of aromatic nitrogens is 1. The van der Waals surface area contributed by atoms with E-state index in [1.165, 1.54) is 5.69 Å². The van der Waals surface area contributed by atoms with Crippen molar-refractivity contribution in [3.05, 3.63) is 24.5 Å². The van der Waals surface area contributed by atoms with Gasteiger partial charge in [0.1, 0.15) is 0 Å². The fourth-order valence-electron chi connectivity index (χ4n) is 1.71. The molecule has 1 aliphatic heterocycles. The van der Waals surface area contributed by atoms with Crippen molar-refractivity contribution in [2.75, 3.05) is 24.5 Å². The second-order valence-electron chi connectivity index (χ2n) is 3.51. The molecule has 0 saturated carbocycles. The Kier molecular flexibility index (Phi) is 2.45. The Morgan fingerprint density at radius 3 is 3.23 bits per heavy atom. The van der Waals surface area contributed by atoms with Gasteiger partial charge in [0.05, 0.1) is 11.9 Å². The molecule has 1 atom stereocenters. The summed E-state index contributed by atoms with van der Waals surface area (Å²) in [5.74, 6) is 0. The lowest BCUT2D eigenvalue weighted by Crippen LogP contribution is -2.49. The predicted octanol–water partition coefficient (Wildman–Crippen LogP) is 0.880. The molecule has 0 amide bonds. The summed E-state index contributed by atoms with van der Waals surface area (Å²) in [6, 6.07) is 4.68. The molecule has 1 aromatic heterocycles. The molecule has 2 heterocycles. The van der Waals surface area contributed by atoms with Crippen molar-refractivity contribution in [1.82, 2.24) is 10.3 Å². The number of rotatable bonds is 1. The van der Waals surface area contributed by atoms with Crippen LogP contribution in [0.3, 0.4) is 0 Å². The van der Waals surface area contributed by atoms with Crippen LogP contribution >= 0.6 is 0 Å². The van der Waals surface area contributed by atoms with E-state index in [2.05, 4.69) is 28.2 Å². The van der Waals surface area contributed by atoms with Crippen molar-refractivity contribution in [1.29, 1.82) is 0 Å². The highest BCUT2D eigenvalue weighted by Crippen LogP contribution is 2.13. The molecule has 0 unspecified atom stereocenters. The molecule has 1 aliphatic rings. The highest BCUT2D eigenvalue weighted by atomic mass is 15.2. The number of hydrogen-bond donors (Lipinski definition) is 1. The molecule has 0 spiro atoms. The van der Waals surface area contributed by atoms with E-state index >= 15 is 0 Å². The van der Waals surface area contributed by atoms with Gasteiger partial charge >= 0.3 is 0 Å². The maximum Gasteiger partial charge on any atom is 0.0553 e. The van der Waals surface area contributed by atoms with Gasteiger partial charge in [0.2, 0.25) is 0 Å². The summed E-state index contributed by atoms with van der Waals surface area (Å²) in [5, 5.41) is 3.42. The minimum absolute atomic E-state index is 0.578. The molecule has 0 bridgehead atoms. The first-order chi connectivity index (χ1) is 6.36. The molecule has 0 aromatic carbocycles. The molecule has 0 aliphatic carbocycles. The monoisotopic (exact) mass is 177 g/mol. The van der Waals surface area contributed by atoms with Crippen LogP contribution < -0.4 is 10.2 Å². The Morgan fingerprint density at radius 1 is 1.62 bits per heavy atom. The maximum absolute atomic E-state index is 4.12. The molecule has 1 aromatic rings. The van der Waals surface area contributed by atoms with E-state index in [1.807, 2.05) is 18.5 Å². The van der Waals surface area contributed by atoms with Crippen LogP contribution in [0.4, 0.5) is 5.69 Å². The third-order valence-corrected chi connectivity index (χ3v) is 2.38. The van der Waals surface area contributed by atoms with Gasteiger partial charge in [-0.1, -0.05) is 0 Å². The minimum Gasteiger partial charge on any atom is -0.367 e. The Bertz CT molecular complexity index is 260. The van der Waals surface area contributed by atoms with Gasteiger partial charge in [-0.05, 0) is 19.1 Å². The smallest absolute Gasteiger partial charge is 0.0553 e. The van der Waals surface area contributed by atoms with E-state index in [4.69, 9.17) is 0 Å². The SMILES string of the molecule is C[C@@H]1CN(c2cccnc2)CCN1. The number of piperazine rings is 1. The Balaban J connectivity index is 2.08. The summed E-state index contributed by atoms with van der Waals surface area (Å²) in [6.07, 6.45) is 3.74. The summed E-state index contributed by atoms with van der Waals surface area (Å²) >= 11 is 0. The van der Waals surface area contributed by atoms with Crippen LogP contribution in [0.25, 0.3) is 0 Å². The molecule has 1 saturated heterocycles. The van der Waals surface area contributed by atoms with Crippen LogP contribution in [0.15, 0.2) is 24.5 Å². The van der Waals surface area contributed by atoms with Gasteiger partial charge in [0.15, 0.2) is 0 Å². The molecule has 0 radical (unpaired) electrons. The van der Waals surface area contributed by atoms with Crippen molar-refractivity contribution >= 4 is 5.69 Å². The predicted molar refractivity (Wildman–Crippen MR) is 53.9 cm³/mol. The van der Waals surface area contributed by atoms with Gasteiger partial charge < -0.3 is 10.2 Å². The molecule has 13 heavy (non-hydrogen) atoms. The van der Waals surface area contributed by atoms with Crippen molar-refractivity contribution in [3.63, 3.8) is 0 Å². The summed E-state index contributed by atoms with van der Waals surface area (Å²) in [7, 11) is 0. The van der Waals surface area contributed by atoms with E-state index < -0.39 is 0 Å². The Morgan fingerprint density at radius 2 is 2.54 bits per heavy atom. The van der Waals surface area contributed by atoms with Crippen molar-refractivity contribution in [3.8, 4) is 0 Å². The normalized spacial score (nSPS) is 23.2. The highest BCUT2D eigenvalue weighted by molar-refractivity contribution is 5.44. The highest BCUT2D eigenvalue weighted by Gasteiger charge is 2.15. The Labute approximate surface area is 78.8 Å². The van der Waals surface area contributed by atoms with E-state index in [0.29, 0.717) is 6.04 Å². The van der Waals surface area contributed by atoms with Crippen LogP contribution in [0, 0.1) is 0 Å². The van der Waals surface area contributed by atoms with Gasteiger partial charge in [0.25, 0.3) is 0 Å². The van der Waals surface area contributed by atoms with Gasteiger partial charge in [-0.2, -0.15) is 0 Å². The van der Waals surface area contributed by atoms with Crippen LogP contribution in [0.2, 0.25) is 0 Å². The van der Waals surface area contributed by atoms with E-state index in [1.54, 1.807) is 0 Å². The topological polar surface area (TPSA) is 28.2 Å². The quantitative estimate of drug-likeness (QED) is 0.690. The lowest BCUT2D eigenvalue weighted by Gasteiger charge is -2.33. The lowest BCUT2D eigenvalue weighted by atomic mass is 10.2. The van der Waals surface area contributed by atoms with Crippen molar-refractivity contribution in [2.24, 2.45) is 0 Å².